The Kier molecular flexibility index (Phi) is 5.21. The quantitative estimate of drug-likeness (QED) is 0.746. The highest BCUT2D eigenvalue weighted by atomic mass is 16.5. The highest BCUT2D eigenvalue weighted by molar-refractivity contribution is 5.91. The van der Waals surface area contributed by atoms with Crippen LogP contribution in [0.3, 0.4) is 0 Å². The topological polar surface area (TPSA) is 52.6 Å². The zero-order valence-corrected chi connectivity index (χ0v) is 12.9. The predicted molar refractivity (Wildman–Crippen MR) is 79.5 cm³/mol. The van der Waals surface area contributed by atoms with Gasteiger partial charge >= 0.3 is 11.9 Å². The van der Waals surface area contributed by atoms with Crippen molar-refractivity contribution in [2.24, 2.45) is 5.41 Å². The van der Waals surface area contributed by atoms with E-state index in [1.165, 1.54) is 6.42 Å². The summed E-state index contributed by atoms with van der Waals surface area (Å²) in [6, 6.07) is 0. The second-order valence-corrected chi connectivity index (χ2v) is 6.03. The van der Waals surface area contributed by atoms with Gasteiger partial charge in [0.05, 0.1) is 12.0 Å². The molecule has 0 bridgehead atoms. The molecule has 0 saturated heterocycles. The predicted octanol–water partition coefficient (Wildman–Crippen LogP) is 3.32. The Labute approximate surface area is 126 Å². The fourth-order valence-electron chi connectivity index (χ4n) is 2.86. The molecule has 4 heteroatoms. The van der Waals surface area contributed by atoms with Crippen LogP contribution in [0.5, 0.6) is 0 Å². The molecule has 0 heterocycles. The van der Waals surface area contributed by atoms with E-state index < -0.39 is 5.41 Å². The van der Waals surface area contributed by atoms with Crippen LogP contribution in [0.2, 0.25) is 0 Å². The molecule has 0 N–H and O–H groups in total. The van der Waals surface area contributed by atoms with Crippen LogP contribution in [0.1, 0.15) is 52.4 Å². The van der Waals surface area contributed by atoms with Gasteiger partial charge in [-0.15, -0.1) is 0 Å². The summed E-state index contributed by atoms with van der Waals surface area (Å²) >= 11 is 0. The first-order valence-electron chi connectivity index (χ1n) is 7.82. The Morgan fingerprint density at radius 2 is 2.00 bits per heavy atom. The minimum absolute atomic E-state index is 0.0356. The number of hydrogen-bond acceptors (Lipinski definition) is 4. The lowest BCUT2D eigenvalue weighted by Crippen LogP contribution is -2.34. The maximum atomic E-state index is 12.5. The van der Waals surface area contributed by atoms with Gasteiger partial charge in [0.25, 0.3) is 0 Å². The Hall–Kier alpha value is -1.58. The minimum Gasteiger partial charge on any atom is -0.463 e. The lowest BCUT2D eigenvalue weighted by atomic mass is 9.80. The van der Waals surface area contributed by atoms with Gasteiger partial charge in [0.2, 0.25) is 0 Å². The monoisotopic (exact) mass is 292 g/mol. The number of allylic oxidation sites excluding steroid dienone is 2. The second-order valence-electron chi connectivity index (χ2n) is 6.03. The molecule has 0 radical (unpaired) electrons. The van der Waals surface area contributed by atoms with Gasteiger partial charge < -0.3 is 9.47 Å². The summed E-state index contributed by atoms with van der Waals surface area (Å²) in [6.07, 6.45) is 11.0. The Balaban J connectivity index is 1.98. The van der Waals surface area contributed by atoms with E-state index in [1.807, 2.05) is 13.0 Å². The third kappa shape index (κ3) is 3.96. The number of rotatable bonds is 4. The van der Waals surface area contributed by atoms with Crippen molar-refractivity contribution in [1.82, 2.24) is 0 Å². The molecule has 21 heavy (non-hydrogen) atoms. The molecule has 2 aliphatic rings. The van der Waals surface area contributed by atoms with Crippen molar-refractivity contribution in [2.45, 2.75) is 58.5 Å². The van der Waals surface area contributed by atoms with Crippen molar-refractivity contribution in [3.8, 4) is 0 Å². The number of esters is 2. The van der Waals surface area contributed by atoms with Crippen LogP contribution in [-0.4, -0.2) is 24.6 Å². The van der Waals surface area contributed by atoms with Gasteiger partial charge in [0, 0.05) is 5.57 Å². The Morgan fingerprint density at radius 3 is 2.67 bits per heavy atom. The summed E-state index contributed by atoms with van der Waals surface area (Å²) < 4.78 is 10.7. The van der Waals surface area contributed by atoms with E-state index in [1.54, 1.807) is 19.1 Å². The number of carbonyl (C=O) groups is 2. The number of carbonyl (C=O) groups excluding carboxylic acids is 2. The lowest BCUT2D eigenvalue weighted by molar-refractivity contribution is -0.159. The summed E-state index contributed by atoms with van der Waals surface area (Å²) in [5, 5.41) is 0. The molecule has 0 spiro atoms. The standard InChI is InChI=1S/C17H24O4/c1-3-20-15(18)13-8-7-11-17(2,12-13)16(19)21-14-9-5-4-6-10-14/h7-8,11,14H,3-6,9-10,12H2,1-2H3. The maximum Gasteiger partial charge on any atom is 0.334 e. The van der Waals surface area contributed by atoms with E-state index in [0.29, 0.717) is 18.6 Å². The average molecular weight is 292 g/mol. The van der Waals surface area contributed by atoms with Gasteiger partial charge in [0.1, 0.15) is 6.10 Å². The Morgan fingerprint density at radius 1 is 1.29 bits per heavy atom. The van der Waals surface area contributed by atoms with Gasteiger partial charge in [0.15, 0.2) is 0 Å². The molecule has 1 fully saturated rings. The summed E-state index contributed by atoms with van der Waals surface area (Å²) in [5.41, 5.74) is -0.240. The van der Waals surface area contributed by atoms with Crippen LogP contribution in [0, 0.1) is 5.41 Å². The fourth-order valence-corrected chi connectivity index (χ4v) is 2.86. The highest BCUT2D eigenvalue weighted by Crippen LogP contribution is 2.34. The molecule has 2 rings (SSSR count). The van der Waals surface area contributed by atoms with E-state index in [-0.39, 0.29) is 18.0 Å². The van der Waals surface area contributed by atoms with E-state index >= 15 is 0 Å². The zero-order chi connectivity index (χ0) is 15.3. The molecule has 116 valence electrons. The third-order valence-corrected chi connectivity index (χ3v) is 4.15. The minimum atomic E-state index is -0.770. The molecule has 1 atom stereocenters. The first-order valence-corrected chi connectivity index (χ1v) is 7.82. The number of ether oxygens (including phenoxy) is 2. The van der Waals surface area contributed by atoms with Crippen LogP contribution in [0.4, 0.5) is 0 Å². The van der Waals surface area contributed by atoms with E-state index in [9.17, 15) is 9.59 Å². The van der Waals surface area contributed by atoms with Gasteiger partial charge in [-0.05, 0) is 46.0 Å². The zero-order valence-electron chi connectivity index (χ0n) is 12.9. The average Bonchev–Trinajstić information content (AvgIpc) is 2.48. The van der Waals surface area contributed by atoms with Crippen molar-refractivity contribution >= 4 is 11.9 Å². The fraction of sp³-hybridized carbons (Fsp3) is 0.647. The van der Waals surface area contributed by atoms with Crippen LogP contribution >= 0.6 is 0 Å². The molecule has 1 unspecified atom stereocenters. The normalized spacial score (nSPS) is 26.1. The molecular formula is C17H24O4. The first-order chi connectivity index (χ1) is 10.0. The molecule has 0 aromatic rings. The molecule has 1 saturated carbocycles. The summed E-state index contributed by atoms with van der Waals surface area (Å²) in [6.45, 7) is 3.93. The molecule has 0 amide bonds. The van der Waals surface area contributed by atoms with Gasteiger partial charge in [-0.1, -0.05) is 24.6 Å². The molecular weight excluding hydrogens is 268 g/mol. The summed E-state index contributed by atoms with van der Waals surface area (Å²) in [7, 11) is 0. The van der Waals surface area contributed by atoms with Crippen molar-refractivity contribution in [3.63, 3.8) is 0 Å². The smallest absolute Gasteiger partial charge is 0.334 e. The largest absolute Gasteiger partial charge is 0.463 e. The SMILES string of the molecule is CCOC(=O)C1=CC=CC(C)(C(=O)OC2CCCCC2)C1. The van der Waals surface area contributed by atoms with Gasteiger partial charge in [-0.25, -0.2) is 4.79 Å². The molecule has 0 aromatic carbocycles. The van der Waals surface area contributed by atoms with E-state index in [4.69, 9.17) is 9.47 Å². The first kappa shape index (κ1) is 15.8. The van der Waals surface area contributed by atoms with Crippen LogP contribution in [0.15, 0.2) is 23.8 Å². The Bertz CT molecular complexity index is 457. The second kappa shape index (κ2) is 6.92. The molecule has 0 aliphatic heterocycles. The summed E-state index contributed by atoms with van der Waals surface area (Å²) in [4.78, 5) is 24.3. The van der Waals surface area contributed by atoms with Crippen LogP contribution in [0.25, 0.3) is 0 Å². The molecule has 0 aromatic heterocycles. The van der Waals surface area contributed by atoms with Crippen LogP contribution < -0.4 is 0 Å². The van der Waals surface area contributed by atoms with Crippen molar-refractivity contribution in [3.05, 3.63) is 23.8 Å². The van der Waals surface area contributed by atoms with Crippen molar-refractivity contribution in [2.75, 3.05) is 6.61 Å². The van der Waals surface area contributed by atoms with E-state index in [2.05, 4.69) is 0 Å². The summed E-state index contributed by atoms with van der Waals surface area (Å²) in [5.74, 6) is -0.584. The lowest BCUT2D eigenvalue weighted by Gasteiger charge is -2.30. The third-order valence-electron chi connectivity index (χ3n) is 4.15. The van der Waals surface area contributed by atoms with Crippen LogP contribution in [-0.2, 0) is 19.1 Å². The molecule has 4 nitrogen and oxygen atoms in total. The van der Waals surface area contributed by atoms with Crippen molar-refractivity contribution in [1.29, 1.82) is 0 Å². The van der Waals surface area contributed by atoms with Gasteiger partial charge in [-0.3, -0.25) is 4.79 Å². The van der Waals surface area contributed by atoms with Crippen molar-refractivity contribution < 1.29 is 19.1 Å². The highest BCUT2D eigenvalue weighted by Gasteiger charge is 2.37. The van der Waals surface area contributed by atoms with E-state index in [0.717, 1.165) is 25.7 Å². The van der Waals surface area contributed by atoms with Gasteiger partial charge in [-0.2, -0.15) is 0 Å². The maximum absolute atomic E-state index is 12.5. The molecule has 2 aliphatic carbocycles. The number of hydrogen-bond donors (Lipinski definition) is 0.